The van der Waals surface area contributed by atoms with Crippen molar-refractivity contribution in [2.45, 2.75) is 18.2 Å². The van der Waals surface area contributed by atoms with Crippen LogP contribution in [0.4, 0.5) is 8.78 Å². The van der Waals surface area contributed by atoms with Crippen LogP contribution in [0.25, 0.3) is 0 Å². The molecule has 0 aliphatic carbocycles. The lowest BCUT2D eigenvalue weighted by Crippen LogP contribution is -2.05. The molecule has 0 amide bonds. The summed E-state index contributed by atoms with van der Waals surface area (Å²) in [5.41, 5.74) is -0.0826. The molecule has 0 atom stereocenters. The Morgan fingerprint density at radius 2 is 2.25 bits per heavy atom. The summed E-state index contributed by atoms with van der Waals surface area (Å²) < 4.78 is 25.2. The number of hydrogen-bond acceptors (Lipinski definition) is 2. The normalized spacial score (nSPS) is 10.8. The van der Waals surface area contributed by atoms with Crippen LogP contribution in [0.2, 0.25) is 5.15 Å². The Bertz CT molecular complexity index is 415. The predicted octanol–water partition coefficient (Wildman–Crippen LogP) is 3.19. The lowest BCUT2D eigenvalue weighted by molar-refractivity contribution is -0.136. The Balaban J connectivity index is 3.21. The van der Waals surface area contributed by atoms with Crippen LogP contribution in [0.5, 0.6) is 0 Å². The molecule has 0 aliphatic heterocycles. The molecule has 0 fully saturated rings. The van der Waals surface area contributed by atoms with Crippen molar-refractivity contribution in [2.75, 3.05) is 0 Å². The van der Waals surface area contributed by atoms with E-state index in [2.05, 4.69) is 20.9 Å². The van der Waals surface area contributed by atoms with Gasteiger partial charge in [-0.25, -0.2) is 13.8 Å². The third-order valence-corrected chi connectivity index (χ3v) is 2.72. The first-order valence-electron chi connectivity index (χ1n) is 4.19. The van der Waals surface area contributed by atoms with Gasteiger partial charge in [0.25, 0.3) is 6.43 Å². The van der Waals surface area contributed by atoms with Crippen LogP contribution in [0.15, 0.2) is 6.07 Å². The maximum absolute atomic E-state index is 12.6. The van der Waals surface area contributed by atoms with Crippen molar-refractivity contribution >= 4 is 33.5 Å². The molecule has 1 aromatic heterocycles. The first kappa shape index (κ1) is 13.3. The van der Waals surface area contributed by atoms with Crippen molar-refractivity contribution < 1.29 is 18.7 Å². The van der Waals surface area contributed by atoms with Gasteiger partial charge >= 0.3 is 5.97 Å². The highest BCUT2D eigenvalue weighted by molar-refractivity contribution is 9.08. The molecule has 1 aromatic rings. The number of hydrogen-bond donors (Lipinski definition) is 1. The number of aromatic nitrogens is 1. The van der Waals surface area contributed by atoms with Gasteiger partial charge in [0.2, 0.25) is 0 Å². The molecule has 0 aromatic carbocycles. The zero-order chi connectivity index (χ0) is 12.3. The fraction of sp³-hybridized carbons (Fsp3) is 0.333. The first-order chi connectivity index (χ1) is 7.45. The van der Waals surface area contributed by atoms with Gasteiger partial charge < -0.3 is 5.11 Å². The standard InChI is InChI=1S/C9H7BrClF2NO2/c10-3-6-5(9(12)13)1-4(2-7(15)16)8(11)14-6/h1,9H,2-3H2,(H,15,16). The van der Waals surface area contributed by atoms with Gasteiger partial charge in [-0.2, -0.15) is 0 Å². The van der Waals surface area contributed by atoms with E-state index in [-0.39, 0.29) is 27.3 Å². The number of nitrogens with zero attached hydrogens (tertiary/aromatic N) is 1. The van der Waals surface area contributed by atoms with E-state index in [1.54, 1.807) is 0 Å². The summed E-state index contributed by atoms with van der Waals surface area (Å²) >= 11 is 8.70. The number of rotatable bonds is 4. The molecule has 3 nitrogen and oxygen atoms in total. The van der Waals surface area contributed by atoms with Crippen LogP contribution < -0.4 is 0 Å². The molecule has 0 saturated carbocycles. The van der Waals surface area contributed by atoms with Gasteiger partial charge in [0.05, 0.1) is 12.1 Å². The van der Waals surface area contributed by atoms with Crippen LogP contribution in [-0.2, 0) is 16.5 Å². The summed E-state index contributed by atoms with van der Waals surface area (Å²) in [6, 6.07) is 1.09. The number of alkyl halides is 3. The van der Waals surface area contributed by atoms with Crippen molar-refractivity contribution in [1.82, 2.24) is 4.98 Å². The maximum Gasteiger partial charge on any atom is 0.307 e. The average molecular weight is 315 g/mol. The largest absolute Gasteiger partial charge is 0.481 e. The Hall–Kier alpha value is -0.750. The molecular formula is C9H7BrClF2NO2. The van der Waals surface area contributed by atoms with E-state index in [0.29, 0.717) is 0 Å². The molecule has 0 saturated heterocycles. The van der Waals surface area contributed by atoms with Gasteiger partial charge in [0.1, 0.15) is 5.15 Å². The molecule has 0 spiro atoms. The molecule has 7 heteroatoms. The summed E-state index contributed by atoms with van der Waals surface area (Å²) in [6.45, 7) is 0. The van der Waals surface area contributed by atoms with E-state index in [9.17, 15) is 13.6 Å². The molecule has 16 heavy (non-hydrogen) atoms. The van der Waals surface area contributed by atoms with Crippen LogP contribution in [0, 0.1) is 0 Å². The molecule has 1 rings (SSSR count). The molecule has 0 unspecified atom stereocenters. The Kier molecular flexibility index (Phi) is 4.61. The maximum atomic E-state index is 12.6. The summed E-state index contributed by atoms with van der Waals surface area (Å²) in [5, 5.41) is 8.65. The number of halogens is 4. The molecule has 1 N–H and O–H groups in total. The monoisotopic (exact) mass is 313 g/mol. The summed E-state index contributed by atoms with van der Waals surface area (Å²) in [7, 11) is 0. The van der Waals surface area contributed by atoms with E-state index in [1.807, 2.05) is 0 Å². The molecule has 0 aliphatic rings. The molecule has 0 bridgehead atoms. The van der Waals surface area contributed by atoms with Crippen LogP contribution in [-0.4, -0.2) is 16.1 Å². The minimum atomic E-state index is -2.70. The minimum Gasteiger partial charge on any atom is -0.481 e. The zero-order valence-corrected chi connectivity index (χ0v) is 10.2. The Morgan fingerprint density at radius 3 is 2.69 bits per heavy atom. The summed E-state index contributed by atoms with van der Waals surface area (Å²) in [5.74, 6) is -1.14. The second-order valence-electron chi connectivity index (χ2n) is 2.98. The number of carboxylic acid groups (broad SMARTS) is 1. The van der Waals surface area contributed by atoms with Gasteiger partial charge in [0.15, 0.2) is 0 Å². The lowest BCUT2D eigenvalue weighted by atomic mass is 10.1. The lowest BCUT2D eigenvalue weighted by Gasteiger charge is -2.09. The zero-order valence-electron chi connectivity index (χ0n) is 7.88. The number of carbonyl (C=O) groups is 1. The molecule has 0 radical (unpaired) electrons. The van der Waals surface area contributed by atoms with Crippen molar-refractivity contribution in [3.8, 4) is 0 Å². The van der Waals surface area contributed by atoms with Crippen LogP contribution >= 0.6 is 27.5 Å². The highest BCUT2D eigenvalue weighted by Gasteiger charge is 2.18. The van der Waals surface area contributed by atoms with E-state index < -0.39 is 18.8 Å². The van der Waals surface area contributed by atoms with Crippen molar-refractivity contribution in [2.24, 2.45) is 0 Å². The second kappa shape index (κ2) is 5.54. The van der Waals surface area contributed by atoms with Gasteiger partial charge in [-0.1, -0.05) is 27.5 Å². The highest BCUT2D eigenvalue weighted by Crippen LogP contribution is 2.27. The third kappa shape index (κ3) is 3.12. The molecular weight excluding hydrogens is 307 g/mol. The number of aliphatic carboxylic acids is 1. The molecule has 1 heterocycles. The predicted molar refractivity (Wildman–Crippen MR) is 58.2 cm³/mol. The van der Waals surface area contributed by atoms with Crippen LogP contribution in [0.3, 0.4) is 0 Å². The molecule has 88 valence electrons. The van der Waals surface area contributed by atoms with Crippen LogP contribution in [0.1, 0.15) is 23.2 Å². The first-order valence-corrected chi connectivity index (χ1v) is 5.69. The smallest absolute Gasteiger partial charge is 0.307 e. The summed E-state index contributed by atoms with van der Waals surface area (Å²) in [4.78, 5) is 14.2. The van der Waals surface area contributed by atoms with Crippen molar-refractivity contribution in [1.29, 1.82) is 0 Å². The number of pyridine rings is 1. The van der Waals surface area contributed by atoms with E-state index in [4.69, 9.17) is 16.7 Å². The fourth-order valence-electron chi connectivity index (χ4n) is 1.17. The van der Waals surface area contributed by atoms with Gasteiger partial charge in [-0.15, -0.1) is 0 Å². The number of carboxylic acids is 1. The minimum absolute atomic E-state index is 0.0544. The van der Waals surface area contributed by atoms with E-state index in [0.717, 1.165) is 6.07 Å². The Morgan fingerprint density at radius 1 is 1.62 bits per heavy atom. The summed E-state index contributed by atoms with van der Waals surface area (Å²) in [6.07, 6.45) is -3.13. The topological polar surface area (TPSA) is 50.2 Å². The van der Waals surface area contributed by atoms with Gasteiger partial charge in [-0.05, 0) is 6.07 Å². The average Bonchev–Trinajstić information content (AvgIpc) is 2.19. The highest BCUT2D eigenvalue weighted by atomic mass is 79.9. The second-order valence-corrected chi connectivity index (χ2v) is 3.90. The van der Waals surface area contributed by atoms with Crippen molar-refractivity contribution in [3.05, 3.63) is 28.0 Å². The SMILES string of the molecule is O=C(O)Cc1cc(C(F)F)c(CBr)nc1Cl. The van der Waals surface area contributed by atoms with Crippen molar-refractivity contribution in [3.63, 3.8) is 0 Å². The third-order valence-electron chi connectivity index (χ3n) is 1.86. The van der Waals surface area contributed by atoms with E-state index in [1.165, 1.54) is 0 Å². The Labute approximate surface area is 104 Å². The quantitative estimate of drug-likeness (QED) is 0.686. The van der Waals surface area contributed by atoms with Gasteiger partial charge in [-0.3, -0.25) is 4.79 Å². The van der Waals surface area contributed by atoms with Gasteiger partial charge in [0, 0.05) is 16.5 Å². The van der Waals surface area contributed by atoms with E-state index >= 15 is 0 Å². The fourth-order valence-corrected chi connectivity index (χ4v) is 1.84.